The minimum Gasteiger partial charge on any atom is -0.292 e. The van der Waals surface area contributed by atoms with E-state index in [0.29, 0.717) is 17.4 Å². The second kappa shape index (κ2) is 6.41. The number of rotatable bonds is 4. The van der Waals surface area contributed by atoms with E-state index < -0.39 is 5.69 Å². The summed E-state index contributed by atoms with van der Waals surface area (Å²) in [4.78, 5) is 25.9. The number of aromatic amines is 1. The number of aromatic nitrogens is 2. The highest BCUT2D eigenvalue weighted by Crippen LogP contribution is 2.13. The van der Waals surface area contributed by atoms with Crippen molar-refractivity contribution in [2.45, 2.75) is 6.92 Å². The Kier molecular flexibility index (Phi) is 4.59. The predicted molar refractivity (Wildman–Crippen MR) is 84.4 cm³/mol. The van der Waals surface area contributed by atoms with Crippen molar-refractivity contribution < 1.29 is 0 Å². The molecule has 1 aromatic heterocycles. The van der Waals surface area contributed by atoms with Gasteiger partial charge < -0.3 is 0 Å². The zero-order valence-corrected chi connectivity index (χ0v) is 12.5. The Bertz CT molecular complexity index is 748. The molecule has 0 aliphatic carbocycles. The molecule has 7 heteroatoms. The lowest BCUT2D eigenvalue weighted by atomic mass is 10.2. The van der Waals surface area contributed by atoms with Crippen LogP contribution < -0.4 is 16.3 Å². The number of halogens is 1. The molecule has 2 rings (SSSR count). The minimum atomic E-state index is -0.483. The molecule has 0 aliphatic rings. The minimum absolute atomic E-state index is 0.342. The first kappa shape index (κ1) is 15.1. The van der Waals surface area contributed by atoms with Gasteiger partial charge in [-0.15, -0.1) is 0 Å². The van der Waals surface area contributed by atoms with Crippen LogP contribution in [0.25, 0.3) is 0 Å². The summed E-state index contributed by atoms with van der Waals surface area (Å²) in [7, 11) is 1.41. The van der Waals surface area contributed by atoms with Crippen molar-refractivity contribution >= 4 is 23.6 Å². The first-order valence-corrected chi connectivity index (χ1v) is 6.77. The Morgan fingerprint density at radius 1 is 1.38 bits per heavy atom. The molecule has 0 amide bonds. The Balaban J connectivity index is 2.35. The smallest absolute Gasteiger partial charge is 0.292 e. The second-order valence-corrected chi connectivity index (χ2v) is 4.75. The van der Waals surface area contributed by atoms with Crippen LogP contribution in [0, 0.1) is 0 Å². The third-order valence-corrected chi connectivity index (χ3v) is 3.29. The van der Waals surface area contributed by atoms with Gasteiger partial charge in [-0.2, -0.15) is 5.10 Å². The number of benzene rings is 1. The second-order valence-electron chi connectivity index (χ2n) is 4.34. The highest BCUT2D eigenvalue weighted by atomic mass is 35.5. The maximum atomic E-state index is 11.7. The number of anilines is 1. The van der Waals surface area contributed by atoms with Gasteiger partial charge in [-0.1, -0.05) is 29.8 Å². The van der Waals surface area contributed by atoms with Crippen molar-refractivity contribution in [1.82, 2.24) is 9.55 Å². The van der Waals surface area contributed by atoms with Crippen molar-refractivity contribution in [3.8, 4) is 0 Å². The highest BCUT2D eigenvalue weighted by Gasteiger charge is 2.07. The standard InChI is InChI=1S/C14H15ClN4O2/c1-3-19(12-8-13(20)18(2)14(21)17-12)16-9-10-6-4-5-7-11(10)15/h4-9H,3H2,1-2H3,(H,17,21). The lowest BCUT2D eigenvalue weighted by Gasteiger charge is -2.16. The lowest BCUT2D eigenvalue weighted by Crippen LogP contribution is -2.34. The van der Waals surface area contributed by atoms with Gasteiger partial charge in [0.1, 0.15) is 5.82 Å². The SMILES string of the molecule is CCN(N=Cc1ccccc1Cl)c1cc(=O)n(C)c(=O)[nH]1. The van der Waals surface area contributed by atoms with Gasteiger partial charge >= 0.3 is 5.69 Å². The summed E-state index contributed by atoms with van der Waals surface area (Å²) in [5.74, 6) is 0.342. The summed E-state index contributed by atoms with van der Waals surface area (Å²) in [6.07, 6.45) is 1.58. The Hall–Kier alpha value is -2.34. The first-order valence-electron chi connectivity index (χ1n) is 6.39. The van der Waals surface area contributed by atoms with Crippen molar-refractivity contribution in [3.05, 3.63) is 61.8 Å². The van der Waals surface area contributed by atoms with Crippen molar-refractivity contribution in [1.29, 1.82) is 0 Å². The van der Waals surface area contributed by atoms with Gasteiger partial charge in [-0.25, -0.2) is 9.80 Å². The van der Waals surface area contributed by atoms with E-state index in [1.54, 1.807) is 12.3 Å². The lowest BCUT2D eigenvalue weighted by molar-refractivity contribution is 0.756. The number of hydrazone groups is 1. The zero-order chi connectivity index (χ0) is 15.4. The number of hydrogen-bond donors (Lipinski definition) is 1. The van der Waals surface area contributed by atoms with E-state index in [0.717, 1.165) is 10.1 Å². The number of nitrogens with zero attached hydrogens (tertiary/aromatic N) is 3. The van der Waals surface area contributed by atoms with Crippen LogP contribution in [-0.2, 0) is 7.05 Å². The molecule has 0 fully saturated rings. The number of nitrogens with one attached hydrogen (secondary N) is 1. The molecule has 0 saturated carbocycles. The van der Waals surface area contributed by atoms with E-state index in [1.165, 1.54) is 18.1 Å². The summed E-state index contributed by atoms with van der Waals surface area (Å²) >= 11 is 6.05. The normalized spacial score (nSPS) is 11.0. The molecule has 0 radical (unpaired) electrons. The van der Waals surface area contributed by atoms with Crippen LogP contribution in [0.1, 0.15) is 12.5 Å². The molecule has 1 aromatic carbocycles. The molecular weight excluding hydrogens is 292 g/mol. The van der Waals surface area contributed by atoms with Crippen LogP contribution in [0.2, 0.25) is 5.02 Å². The topological polar surface area (TPSA) is 70.5 Å². The van der Waals surface area contributed by atoms with E-state index in [9.17, 15) is 9.59 Å². The molecule has 0 atom stereocenters. The van der Waals surface area contributed by atoms with Gasteiger partial charge in [0.2, 0.25) is 0 Å². The van der Waals surface area contributed by atoms with Gasteiger partial charge in [0.05, 0.1) is 6.21 Å². The average Bonchev–Trinajstić information content (AvgIpc) is 2.47. The van der Waals surface area contributed by atoms with E-state index in [-0.39, 0.29) is 5.56 Å². The van der Waals surface area contributed by atoms with E-state index in [1.807, 2.05) is 25.1 Å². The van der Waals surface area contributed by atoms with E-state index >= 15 is 0 Å². The van der Waals surface area contributed by atoms with Crippen LogP contribution in [0.4, 0.5) is 5.82 Å². The fourth-order valence-electron chi connectivity index (χ4n) is 1.71. The third-order valence-electron chi connectivity index (χ3n) is 2.95. The zero-order valence-electron chi connectivity index (χ0n) is 11.7. The molecular formula is C14H15ClN4O2. The summed E-state index contributed by atoms with van der Waals surface area (Å²) in [6.45, 7) is 2.35. The molecule has 0 spiro atoms. The van der Waals surface area contributed by atoms with Gasteiger partial charge in [-0.3, -0.25) is 14.3 Å². The van der Waals surface area contributed by atoms with Crippen LogP contribution in [0.5, 0.6) is 0 Å². The van der Waals surface area contributed by atoms with Crippen LogP contribution in [0.3, 0.4) is 0 Å². The largest absolute Gasteiger partial charge is 0.329 e. The number of H-pyrrole nitrogens is 1. The summed E-state index contributed by atoms with van der Waals surface area (Å²) in [6, 6.07) is 8.60. The van der Waals surface area contributed by atoms with Crippen LogP contribution in [0.15, 0.2) is 45.0 Å². The van der Waals surface area contributed by atoms with Crippen LogP contribution in [-0.4, -0.2) is 22.3 Å². The fourth-order valence-corrected chi connectivity index (χ4v) is 1.89. The molecule has 110 valence electrons. The quantitative estimate of drug-likeness (QED) is 0.689. The van der Waals surface area contributed by atoms with Gasteiger partial charge in [0.15, 0.2) is 0 Å². The highest BCUT2D eigenvalue weighted by molar-refractivity contribution is 6.33. The molecule has 2 aromatic rings. The average molecular weight is 307 g/mol. The Morgan fingerprint density at radius 2 is 2.10 bits per heavy atom. The fraction of sp³-hybridized carbons (Fsp3) is 0.214. The Morgan fingerprint density at radius 3 is 2.71 bits per heavy atom. The van der Waals surface area contributed by atoms with E-state index in [4.69, 9.17) is 11.6 Å². The number of hydrogen-bond acceptors (Lipinski definition) is 4. The third kappa shape index (κ3) is 3.41. The van der Waals surface area contributed by atoms with Gasteiger partial charge in [0, 0.05) is 30.2 Å². The molecule has 1 N–H and O–H groups in total. The summed E-state index contributed by atoms with van der Waals surface area (Å²) in [5, 5.41) is 6.36. The van der Waals surface area contributed by atoms with Crippen molar-refractivity contribution in [3.63, 3.8) is 0 Å². The first-order chi connectivity index (χ1) is 10.0. The molecule has 0 unspecified atom stereocenters. The molecule has 0 bridgehead atoms. The molecule has 0 aliphatic heterocycles. The van der Waals surface area contributed by atoms with Crippen molar-refractivity contribution in [2.75, 3.05) is 11.6 Å². The maximum absolute atomic E-state index is 11.7. The Labute approximate surface area is 126 Å². The summed E-state index contributed by atoms with van der Waals surface area (Å²) < 4.78 is 0.995. The molecule has 1 heterocycles. The van der Waals surface area contributed by atoms with Gasteiger partial charge in [-0.05, 0) is 13.0 Å². The summed E-state index contributed by atoms with van der Waals surface area (Å²) in [5.41, 5.74) is -0.118. The molecule has 6 nitrogen and oxygen atoms in total. The van der Waals surface area contributed by atoms with E-state index in [2.05, 4.69) is 10.1 Å². The van der Waals surface area contributed by atoms with Crippen molar-refractivity contribution in [2.24, 2.45) is 12.1 Å². The molecule has 21 heavy (non-hydrogen) atoms. The molecule has 0 saturated heterocycles. The van der Waals surface area contributed by atoms with Crippen LogP contribution >= 0.6 is 11.6 Å². The maximum Gasteiger partial charge on any atom is 0.329 e. The monoisotopic (exact) mass is 306 g/mol. The predicted octanol–water partition coefficient (Wildman–Crippen LogP) is 1.59. The van der Waals surface area contributed by atoms with Gasteiger partial charge in [0.25, 0.3) is 5.56 Å².